The summed E-state index contributed by atoms with van der Waals surface area (Å²) in [5.74, 6) is -1.96. The Bertz CT molecular complexity index is 481. The first kappa shape index (κ1) is 13.7. The lowest BCUT2D eigenvalue weighted by molar-refractivity contribution is -0.391. The number of hydrogen-bond donors (Lipinski definition) is 0. The number of pyridine rings is 1. The first-order valence-corrected chi connectivity index (χ1v) is 5.17. The Morgan fingerprint density at radius 2 is 2.24 bits per heavy atom. The molecular weight excluding hydrogens is 353 g/mol. The molecule has 1 rings (SSSR count). The number of nitro groups is 1. The van der Waals surface area contributed by atoms with Crippen molar-refractivity contribution in [2.24, 2.45) is 0 Å². The number of ether oxygens (including phenoxy) is 1. The molecule has 0 bridgehead atoms. The molecule has 0 atom stereocenters. The lowest BCUT2D eigenvalue weighted by atomic mass is 10.2. The van der Waals surface area contributed by atoms with Crippen LogP contribution in [-0.4, -0.2) is 23.0 Å². The normalized spacial score (nSPS) is 10.4. The molecule has 1 aromatic heterocycles. The molecule has 0 saturated heterocycles. The largest absolute Gasteiger partial charge is 0.463 e. The van der Waals surface area contributed by atoms with E-state index in [1.54, 1.807) is 0 Å². The number of esters is 1. The van der Waals surface area contributed by atoms with Crippen molar-refractivity contribution >= 4 is 34.4 Å². The van der Waals surface area contributed by atoms with Gasteiger partial charge in [-0.3, -0.25) is 0 Å². The fraction of sp³-hybridized carbons (Fsp3) is 0.250. The lowest BCUT2D eigenvalue weighted by Gasteiger charge is -2.04. The first-order valence-electron chi connectivity index (χ1n) is 4.09. The molecule has 0 aromatic carbocycles. The smallest absolute Gasteiger partial charge is 0.382 e. The molecule has 9 heteroatoms. The van der Waals surface area contributed by atoms with Gasteiger partial charge in [0.2, 0.25) is 0 Å². The van der Waals surface area contributed by atoms with E-state index in [4.69, 9.17) is 0 Å². The summed E-state index contributed by atoms with van der Waals surface area (Å²) in [7, 11) is 1.06. The van der Waals surface area contributed by atoms with Crippen molar-refractivity contribution in [1.82, 2.24) is 4.98 Å². The SMILES string of the molecule is COC(=O)c1cc(I)c(C(F)F)c([N+](=O)[O-])n1. The third-order valence-corrected chi connectivity index (χ3v) is 2.67. The Morgan fingerprint density at radius 1 is 1.65 bits per heavy atom. The van der Waals surface area contributed by atoms with Crippen LogP contribution in [0.2, 0.25) is 0 Å². The Balaban J connectivity index is 3.46. The lowest BCUT2D eigenvalue weighted by Crippen LogP contribution is -2.10. The van der Waals surface area contributed by atoms with Gasteiger partial charge in [-0.2, -0.15) is 0 Å². The van der Waals surface area contributed by atoms with E-state index in [9.17, 15) is 23.7 Å². The van der Waals surface area contributed by atoms with Gasteiger partial charge in [-0.25, -0.2) is 13.6 Å². The van der Waals surface area contributed by atoms with Crippen LogP contribution in [0.4, 0.5) is 14.6 Å². The van der Waals surface area contributed by atoms with Crippen LogP contribution >= 0.6 is 22.6 Å². The minimum Gasteiger partial charge on any atom is -0.463 e. The fourth-order valence-corrected chi connectivity index (χ4v) is 1.83. The van der Waals surface area contributed by atoms with Crippen molar-refractivity contribution in [3.05, 3.63) is 31.0 Å². The number of rotatable bonds is 3. The zero-order valence-electron chi connectivity index (χ0n) is 8.32. The standard InChI is InChI=1S/C8H5F2IN2O4/c1-17-8(14)4-2-3(11)5(6(9)10)7(12-4)13(15)16/h2,6H,1H3. The zero-order chi connectivity index (χ0) is 13.2. The summed E-state index contributed by atoms with van der Waals surface area (Å²) >= 11 is 1.48. The minimum atomic E-state index is -3.04. The van der Waals surface area contributed by atoms with E-state index < -0.39 is 28.7 Å². The van der Waals surface area contributed by atoms with Gasteiger partial charge < -0.3 is 14.9 Å². The third-order valence-electron chi connectivity index (χ3n) is 1.77. The molecule has 6 nitrogen and oxygen atoms in total. The second-order valence-corrected chi connectivity index (χ2v) is 3.94. The molecule has 17 heavy (non-hydrogen) atoms. The van der Waals surface area contributed by atoms with Crippen LogP contribution in [0.15, 0.2) is 6.07 Å². The summed E-state index contributed by atoms with van der Waals surface area (Å²) in [5, 5.41) is 10.6. The van der Waals surface area contributed by atoms with Crippen molar-refractivity contribution in [2.45, 2.75) is 6.43 Å². The van der Waals surface area contributed by atoms with Gasteiger partial charge >= 0.3 is 11.8 Å². The predicted octanol–water partition coefficient (Wildman–Crippen LogP) is 2.32. The average molecular weight is 358 g/mol. The average Bonchev–Trinajstić information content (AvgIpc) is 2.26. The molecule has 0 fully saturated rings. The molecule has 0 aliphatic rings. The number of hydrogen-bond acceptors (Lipinski definition) is 5. The number of aromatic nitrogens is 1. The van der Waals surface area contributed by atoms with Gasteiger partial charge in [-0.15, -0.1) is 0 Å². The number of halogens is 3. The van der Waals surface area contributed by atoms with Crippen LogP contribution in [0.1, 0.15) is 22.5 Å². The summed E-state index contributed by atoms with van der Waals surface area (Å²) in [4.78, 5) is 23.9. The van der Waals surface area contributed by atoms with Gasteiger partial charge in [-0.1, -0.05) is 0 Å². The third kappa shape index (κ3) is 2.84. The van der Waals surface area contributed by atoms with Gasteiger partial charge in [0.25, 0.3) is 12.1 Å². The van der Waals surface area contributed by atoms with Gasteiger partial charge in [0.1, 0.15) is 5.56 Å². The van der Waals surface area contributed by atoms with Crippen LogP contribution in [-0.2, 0) is 4.74 Å². The summed E-state index contributed by atoms with van der Waals surface area (Å²) < 4.78 is 29.4. The number of alkyl halides is 2. The first-order chi connectivity index (χ1) is 7.88. The van der Waals surface area contributed by atoms with E-state index >= 15 is 0 Å². The molecule has 0 amide bonds. The molecule has 0 unspecified atom stereocenters. The van der Waals surface area contributed by atoms with Gasteiger partial charge in [0.15, 0.2) is 0 Å². The number of nitrogens with zero attached hydrogens (tertiary/aromatic N) is 2. The monoisotopic (exact) mass is 358 g/mol. The van der Waals surface area contributed by atoms with Crippen molar-refractivity contribution in [3.63, 3.8) is 0 Å². The Kier molecular flexibility index (Phi) is 4.26. The van der Waals surface area contributed by atoms with E-state index in [0.717, 1.165) is 13.2 Å². The van der Waals surface area contributed by atoms with Gasteiger partial charge in [-0.05, 0) is 32.5 Å². The highest BCUT2D eigenvalue weighted by Crippen LogP contribution is 2.32. The van der Waals surface area contributed by atoms with Crippen LogP contribution in [0.5, 0.6) is 0 Å². The summed E-state index contributed by atoms with van der Waals surface area (Å²) in [5.41, 5.74) is -1.18. The van der Waals surface area contributed by atoms with Crippen molar-refractivity contribution < 1.29 is 23.2 Å². The van der Waals surface area contributed by atoms with E-state index in [1.165, 1.54) is 22.6 Å². The van der Waals surface area contributed by atoms with E-state index in [2.05, 4.69) is 9.72 Å². The fourth-order valence-electron chi connectivity index (χ4n) is 1.06. The second kappa shape index (κ2) is 5.29. The molecule has 0 saturated carbocycles. The van der Waals surface area contributed by atoms with Gasteiger partial charge in [0.05, 0.1) is 7.11 Å². The Labute approximate surface area is 107 Å². The number of carbonyl (C=O) groups is 1. The van der Waals surface area contributed by atoms with E-state index in [1.807, 2.05) is 0 Å². The predicted molar refractivity (Wildman–Crippen MR) is 59.9 cm³/mol. The number of methoxy groups -OCH3 is 1. The maximum Gasteiger partial charge on any atom is 0.382 e. The summed E-state index contributed by atoms with van der Waals surface area (Å²) in [6.45, 7) is 0. The van der Waals surface area contributed by atoms with Crippen LogP contribution in [0.3, 0.4) is 0 Å². The van der Waals surface area contributed by atoms with Crippen molar-refractivity contribution in [3.8, 4) is 0 Å². The molecule has 0 radical (unpaired) electrons. The topological polar surface area (TPSA) is 82.3 Å². The van der Waals surface area contributed by atoms with Crippen LogP contribution < -0.4 is 0 Å². The van der Waals surface area contributed by atoms with E-state index in [-0.39, 0.29) is 9.26 Å². The molecule has 0 aliphatic heterocycles. The summed E-state index contributed by atoms with van der Waals surface area (Å²) in [6.07, 6.45) is -3.04. The molecule has 0 aliphatic carbocycles. The quantitative estimate of drug-likeness (QED) is 0.359. The van der Waals surface area contributed by atoms with E-state index in [0.29, 0.717) is 0 Å². The molecule has 92 valence electrons. The Hall–Kier alpha value is -1.39. The van der Waals surface area contributed by atoms with Gasteiger partial charge in [0, 0.05) is 9.64 Å². The maximum absolute atomic E-state index is 12.6. The zero-order valence-corrected chi connectivity index (χ0v) is 10.5. The Morgan fingerprint density at radius 3 is 2.65 bits per heavy atom. The highest BCUT2D eigenvalue weighted by molar-refractivity contribution is 14.1. The maximum atomic E-state index is 12.6. The van der Waals surface area contributed by atoms with Crippen LogP contribution in [0, 0.1) is 13.7 Å². The van der Waals surface area contributed by atoms with Crippen molar-refractivity contribution in [1.29, 1.82) is 0 Å². The molecule has 0 N–H and O–H groups in total. The number of carbonyl (C=O) groups excluding carboxylic acids is 1. The highest BCUT2D eigenvalue weighted by Gasteiger charge is 2.30. The molecular formula is C8H5F2IN2O4. The minimum absolute atomic E-state index is 0.111. The van der Waals surface area contributed by atoms with Crippen molar-refractivity contribution in [2.75, 3.05) is 7.11 Å². The second-order valence-electron chi connectivity index (χ2n) is 2.78. The highest BCUT2D eigenvalue weighted by atomic mass is 127. The molecule has 1 aromatic rings. The summed E-state index contributed by atoms with van der Waals surface area (Å²) in [6, 6.07) is 1.01. The molecule has 0 spiro atoms. The molecule has 1 heterocycles. The van der Waals surface area contributed by atoms with Crippen LogP contribution in [0.25, 0.3) is 0 Å².